The van der Waals surface area contributed by atoms with Gasteiger partial charge in [0.05, 0.1) is 16.6 Å². The van der Waals surface area contributed by atoms with Gasteiger partial charge in [-0.1, -0.05) is 0 Å². The Bertz CT molecular complexity index is 637. The lowest BCUT2D eigenvalue weighted by molar-refractivity contribution is -0.117. The van der Waals surface area contributed by atoms with Gasteiger partial charge in [0, 0.05) is 13.1 Å². The van der Waals surface area contributed by atoms with Gasteiger partial charge in [0.2, 0.25) is 15.9 Å². The third-order valence-electron chi connectivity index (χ3n) is 3.34. The van der Waals surface area contributed by atoms with Gasteiger partial charge in [0.25, 0.3) is 0 Å². The second-order valence-electron chi connectivity index (χ2n) is 5.07. The molecule has 0 spiro atoms. The third kappa shape index (κ3) is 3.34. The van der Waals surface area contributed by atoms with Gasteiger partial charge in [-0.15, -0.1) is 0 Å². The van der Waals surface area contributed by atoms with E-state index in [-0.39, 0.29) is 16.3 Å². The van der Waals surface area contributed by atoms with Crippen molar-refractivity contribution in [2.75, 3.05) is 18.4 Å². The molecule has 0 aromatic heterocycles. The first-order valence-corrected chi connectivity index (χ1v) is 8.16. The molecule has 1 amide bonds. The average molecular weight is 313 g/mol. The Kier molecular flexibility index (Phi) is 4.50. The van der Waals surface area contributed by atoms with Crippen LogP contribution in [-0.4, -0.2) is 42.9 Å². The highest BCUT2D eigenvalue weighted by atomic mass is 32.2. The van der Waals surface area contributed by atoms with Gasteiger partial charge in [-0.05, 0) is 38.0 Å². The largest absolute Gasteiger partial charge is 0.506 e. The van der Waals surface area contributed by atoms with E-state index in [1.165, 1.54) is 29.4 Å². The Balaban J connectivity index is 2.32. The number of carbonyl (C=O) groups is 1. The van der Waals surface area contributed by atoms with Crippen LogP contribution in [-0.2, 0) is 14.8 Å². The van der Waals surface area contributed by atoms with Crippen LogP contribution >= 0.6 is 0 Å². The van der Waals surface area contributed by atoms with Gasteiger partial charge in [0.15, 0.2) is 0 Å². The first-order chi connectivity index (χ1) is 9.82. The van der Waals surface area contributed by atoms with E-state index >= 15 is 0 Å². The van der Waals surface area contributed by atoms with Gasteiger partial charge in [-0.2, -0.15) is 4.31 Å². The fourth-order valence-electron chi connectivity index (χ4n) is 2.10. The smallest absolute Gasteiger partial charge is 0.243 e. The zero-order valence-electron chi connectivity index (χ0n) is 11.7. The number of rotatable bonds is 4. The highest BCUT2D eigenvalue weighted by Gasteiger charge is 2.28. The van der Waals surface area contributed by atoms with Crippen molar-refractivity contribution in [2.45, 2.75) is 30.7 Å². The number of sulfonamides is 1. The van der Waals surface area contributed by atoms with Crippen molar-refractivity contribution in [3.63, 3.8) is 0 Å². The lowest BCUT2D eigenvalue weighted by atomic mass is 10.2. The fraction of sp³-hybridized carbons (Fsp3) is 0.462. The molecule has 116 valence electrons. The molecule has 21 heavy (non-hydrogen) atoms. The Morgan fingerprint density at radius 1 is 1.38 bits per heavy atom. The van der Waals surface area contributed by atoms with E-state index in [0.29, 0.717) is 13.1 Å². The highest BCUT2D eigenvalue weighted by Crippen LogP contribution is 2.29. The van der Waals surface area contributed by atoms with Crippen molar-refractivity contribution in [2.24, 2.45) is 5.73 Å². The van der Waals surface area contributed by atoms with Crippen LogP contribution in [0.4, 0.5) is 5.69 Å². The molecule has 1 aliphatic heterocycles. The van der Waals surface area contributed by atoms with Crippen LogP contribution in [0.15, 0.2) is 23.1 Å². The van der Waals surface area contributed by atoms with E-state index < -0.39 is 22.0 Å². The number of anilines is 1. The van der Waals surface area contributed by atoms with Crippen molar-refractivity contribution >= 4 is 21.6 Å². The SMILES string of the molecule is C[C@@H](N)C(=O)Nc1cc(S(=O)(=O)N2CCCC2)ccc1O. The molecule has 0 unspecified atom stereocenters. The molecule has 0 aliphatic carbocycles. The molecule has 8 heteroatoms. The Hall–Kier alpha value is -1.64. The molecule has 4 N–H and O–H groups in total. The van der Waals surface area contributed by atoms with Crippen LogP contribution in [0.25, 0.3) is 0 Å². The van der Waals surface area contributed by atoms with Crippen LogP contribution < -0.4 is 11.1 Å². The minimum Gasteiger partial charge on any atom is -0.506 e. The molecule has 1 atom stereocenters. The predicted octanol–water partition coefficient (Wildman–Crippen LogP) is 0.462. The number of carbonyl (C=O) groups excluding carboxylic acids is 1. The number of aromatic hydroxyl groups is 1. The van der Waals surface area contributed by atoms with Crippen LogP contribution in [0.2, 0.25) is 0 Å². The number of nitrogens with two attached hydrogens (primary N) is 1. The maximum atomic E-state index is 12.4. The summed E-state index contributed by atoms with van der Waals surface area (Å²) in [6.07, 6.45) is 1.68. The Morgan fingerprint density at radius 2 is 2.00 bits per heavy atom. The van der Waals surface area contributed by atoms with Gasteiger partial charge in [0.1, 0.15) is 5.75 Å². The van der Waals surface area contributed by atoms with Gasteiger partial charge in [-0.25, -0.2) is 8.42 Å². The molecule has 2 rings (SSSR count). The molecule has 0 bridgehead atoms. The third-order valence-corrected chi connectivity index (χ3v) is 5.24. The van der Waals surface area contributed by atoms with Crippen molar-refractivity contribution in [3.05, 3.63) is 18.2 Å². The van der Waals surface area contributed by atoms with E-state index in [4.69, 9.17) is 5.73 Å². The van der Waals surface area contributed by atoms with Crippen LogP contribution in [0, 0.1) is 0 Å². The minimum absolute atomic E-state index is 0.0394. The summed E-state index contributed by atoms with van der Waals surface area (Å²) in [7, 11) is -3.59. The number of phenols is 1. The number of hydrogen-bond acceptors (Lipinski definition) is 5. The molecule has 1 aromatic carbocycles. The van der Waals surface area contributed by atoms with E-state index in [0.717, 1.165) is 12.8 Å². The van der Waals surface area contributed by atoms with Crippen LogP contribution in [0.3, 0.4) is 0 Å². The number of phenolic OH excluding ortho intramolecular Hbond substituents is 1. The van der Waals surface area contributed by atoms with Crippen molar-refractivity contribution in [3.8, 4) is 5.75 Å². The summed E-state index contributed by atoms with van der Waals surface area (Å²) < 4.78 is 26.2. The number of nitrogens with one attached hydrogen (secondary N) is 1. The molecule has 0 radical (unpaired) electrons. The van der Waals surface area contributed by atoms with Crippen molar-refractivity contribution in [1.29, 1.82) is 0 Å². The minimum atomic E-state index is -3.59. The van der Waals surface area contributed by atoms with Crippen molar-refractivity contribution < 1.29 is 18.3 Å². The summed E-state index contributed by atoms with van der Waals surface area (Å²) in [5.74, 6) is -0.703. The molecule has 1 fully saturated rings. The molecule has 7 nitrogen and oxygen atoms in total. The zero-order chi connectivity index (χ0) is 15.6. The van der Waals surface area contributed by atoms with Crippen LogP contribution in [0.1, 0.15) is 19.8 Å². The lowest BCUT2D eigenvalue weighted by Crippen LogP contribution is -2.32. The number of benzene rings is 1. The fourth-order valence-corrected chi connectivity index (χ4v) is 3.64. The topological polar surface area (TPSA) is 113 Å². The molecule has 1 heterocycles. The van der Waals surface area contributed by atoms with Gasteiger partial charge < -0.3 is 16.2 Å². The molecule has 1 aromatic rings. The lowest BCUT2D eigenvalue weighted by Gasteiger charge is -2.17. The number of hydrogen-bond donors (Lipinski definition) is 3. The van der Waals surface area contributed by atoms with E-state index in [1.54, 1.807) is 0 Å². The summed E-state index contributed by atoms with van der Waals surface area (Å²) in [4.78, 5) is 11.6. The van der Waals surface area contributed by atoms with Crippen LogP contribution in [0.5, 0.6) is 5.75 Å². The standard InChI is InChI=1S/C13H19N3O4S/c1-9(14)13(18)15-11-8-10(4-5-12(11)17)21(19,20)16-6-2-3-7-16/h4-5,8-9,17H,2-3,6-7,14H2,1H3,(H,15,18)/t9-/m1/s1. The maximum Gasteiger partial charge on any atom is 0.243 e. The van der Waals surface area contributed by atoms with Gasteiger partial charge >= 0.3 is 0 Å². The summed E-state index contributed by atoms with van der Waals surface area (Å²) in [5.41, 5.74) is 5.48. The van der Waals surface area contributed by atoms with E-state index in [2.05, 4.69) is 5.32 Å². The number of amides is 1. The Morgan fingerprint density at radius 3 is 2.57 bits per heavy atom. The summed E-state index contributed by atoms with van der Waals surface area (Å²) in [5, 5.41) is 12.1. The van der Waals surface area contributed by atoms with E-state index in [9.17, 15) is 18.3 Å². The first-order valence-electron chi connectivity index (χ1n) is 6.72. The number of nitrogens with zero attached hydrogens (tertiary/aromatic N) is 1. The second-order valence-corrected chi connectivity index (χ2v) is 7.01. The molecule has 1 aliphatic rings. The van der Waals surface area contributed by atoms with Gasteiger partial charge in [-0.3, -0.25) is 4.79 Å². The Labute approximate surface area is 123 Å². The predicted molar refractivity (Wildman–Crippen MR) is 78.4 cm³/mol. The first kappa shape index (κ1) is 15.7. The molecular formula is C13H19N3O4S. The van der Waals surface area contributed by atoms with E-state index in [1.807, 2.05) is 0 Å². The summed E-state index contributed by atoms with van der Waals surface area (Å²) in [6.45, 7) is 2.48. The normalized spacial score (nSPS) is 17.6. The molecular weight excluding hydrogens is 294 g/mol. The molecule has 0 saturated carbocycles. The maximum absolute atomic E-state index is 12.4. The average Bonchev–Trinajstić information content (AvgIpc) is 2.95. The zero-order valence-corrected chi connectivity index (χ0v) is 12.6. The molecule has 1 saturated heterocycles. The monoisotopic (exact) mass is 313 g/mol. The highest BCUT2D eigenvalue weighted by molar-refractivity contribution is 7.89. The quantitative estimate of drug-likeness (QED) is 0.699. The summed E-state index contributed by atoms with van der Waals surface area (Å²) >= 11 is 0. The van der Waals surface area contributed by atoms with Crippen molar-refractivity contribution in [1.82, 2.24) is 4.31 Å². The second kappa shape index (κ2) is 6.00. The summed E-state index contributed by atoms with van der Waals surface area (Å²) in [6, 6.07) is 3.07.